The number of nitrogens with two attached hydrogens (primary N) is 4. The first kappa shape index (κ1) is 19.8. The molecule has 0 bridgehead atoms. The first-order valence-corrected chi connectivity index (χ1v) is 6.21. The van der Waals surface area contributed by atoms with Crippen molar-refractivity contribution in [1.29, 1.82) is 0 Å². The van der Waals surface area contributed by atoms with Crippen molar-refractivity contribution in [1.82, 2.24) is 0 Å². The first-order valence-electron chi connectivity index (χ1n) is 6.21. The molecule has 0 aliphatic carbocycles. The molecule has 11 heteroatoms. The van der Waals surface area contributed by atoms with Crippen molar-refractivity contribution < 1.29 is 33.8 Å². The van der Waals surface area contributed by atoms with Crippen molar-refractivity contribution >= 4 is 23.8 Å². The van der Waals surface area contributed by atoms with Crippen LogP contribution in [0.1, 0.15) is 13.3 Å². The van der Waals surface area contributed by atoms with Gasteiger partial charge in [-0.15, -0.1) is 0 Å². The summed E-state index contributed by atoms with van der Waals surface area (Å²) in [5, 5.41) is 8.53. The highest BCUT2D eigenvalue weighted by Crippen LogP contribution is 2.03. The molecule has 0 fully saturated rings. The van der Waals surface area contributed by atoms with Crippen LogP contribution in [0.3, 0.4) is 0 Å². The van der Waals surface area contributed by atoms with Gasteiger partial charge >= 0.3 is 17.9 Å². The second kappa shape index (κ2) is 8.92. The number of primary amides is 1. The van der Waals surface area contributed by atoms with E-state index in [1.807, 2.05) is 0 Å². The monoisotopic (exact) mass is 320 g/mol. The van der Waals surface area contributed by atoms with Gasteiger partial charge in [0.15, 0.2) is 0 Å². The van der Waals surface area contributed by atoms with Gasteiger partial charge in [0.25, 0.3) is 0 Å². The van der Waals surface area contributed by atoms with Crippen LogP contribution in [-0.2, 0) is 28.7 Å². The third kappa shape index (κ3) is 6.97. The van der Waals surface area contributed by atoms with Gasteiger partial charge in [0.2, 0.25) is 5.91 Å². The molecule has 11 nitrogen and oxygen atoms in total. The zero-order chi connectivity index (χ0) is 17.4. The summed E-state index contributed by atoms with van der Waals surface area (Å²) in [6.07, 6.45) is -1.53. The van der Waals surface area contributed by atoms with Crippen molar-refractivity contribution in [2.45, 2.75) is 37.6 Å². The van der Waals surface area contributed by atoms with Crippen molar-refractivity contribution in [3.8, 4) is 0 Å². The van der Waals surface area contributed by atoms with Gasteiger partial charge in [-0.2, -0.15) is 0 Å². The molecule has 0 rings (SSSR count). The SMILES string of the molecule is C[C@@H](OC(=O)[C@@H](N)CC(N)=O)[C@H](N)C(=O)OC[C@H](N)C(=O)O. The summed E-state index contributed by atoms with van der Waals surface area (Å²) in [7, 11) is 0. The van der Waals surface area contributed by atoms with Gasteiger partial charge in [0.1, 0.15) is 30.8 Å². The zero-order valence-electron chi connectivity index (χ0n) is 11.9. The van der Waals surface area contributed by atoms with E-state index in [4.69, 9.17) is 32.8 Å². The highest BCUT2D eigenvalue weighted by molar-refractivity contribution is 5.84. The summed E-state index contributed by atoms with van der Waals surface area (Å²) in [6, 6.07) is -4.03. The van der Waals surface area contributed by atoms with E-state index in [0.717, 1.165) is 0 Å². The van der Waals surface area contributed by atoms with Crippen LogP contribution in [0.15, 0.2) is 0 Å². The van der Waals surface area contributed by atoms with Crippen LogP contribution in [0.25, 0.3) is 0 Å². The van der Waals surface area contributed by atoms with Crippen LogP contribution in [0, 0.1) is 0 Å². The number of ether oxygens (including phenoxy) is 2. The lowest BCUT2D eigenvalue weighted by Gasteiger charge is -2.21. The average Bonchev–Trinajstić information content (AvgIpc) is 2.42. The molecule has 0 aromatic rings. The second-order valence-electron chi connectivity index (χ2n) is 4.52. The summed E-state index contributed by atoms with van der Waals surface area (Å²) in [6.45, 7) is 0.724. The van der Waals surface area contributed by atoms with Gasteiger partial charge in [-0.3, -0.25) is 19.2 Å². The van der Waals surface area contributed by atoms with E-state index in [0.29, 0.717) is 0 Å². The topological polar surface area (TPSA) is 211 Å². The molecule has 0 saturated heterocycles. The Balaban J connectivity index is 4.38. The minimum absolute atomic E-state index is 0.418. The fourth-order valence-corrected chi connectivity index (χ4v) is 1.18. The van der Waals surface area contributed by atoms with Crippen LogP contribution in [-0.4, -0.2) is 59.8 Å². The van der Waals surface area contributed by atoms with E-state index >= 15 is 0 Å². The lowest BCUT2D eigenvalue weighted by molar-refractivity contribution is -0.158. The number of carbonyl (C=O) groups is 4. The Labute approximate surface area is 125 Å². The number of esters is 2. The van der Waals surface area contributed by atoms with Crippen molar-refractivity contribution in [3.63, 3.8) is 0 Å². The molecule has 0 unspecified atom stereocenters. The Morgan fingerprint density at radius 2 is 1.59 bits per heavy atom. The number of carbonyl (C=O) groups excluding carboxylic acids is 3. The lowest BCUT2D eigenvalue weighted by atomic mass is 10.2. The quantitative estimate of drug-likeness (QED) is 0.263. The number of amides is 1. The van der Waals surface area contributed by atoms with E-state index in [2.05, 4.69) is 4.74 Å². The van der Waals surface area contributed by atoms with E-state index in [9.17, 15) is 19.2 Å². The van der Waals surface area contributed by atoms with Crippen molar-refractivity contribution in [3.05, 3.63) is 0 Å². The number of hydrogen-bond acceptors (Lipinski definition) is 9. The molecule has 0 aromatic heterocycles. The van der Waals surface area contributed by atoms with E-state index in [-0.39, 0.29) is 0 Å². The van der Waals surface area contributed by atoms with E-state index in [1.54, 1.807) is 0 Å². The summed E-state index contributed by atoms with van der Waals surface area (Å²) in [4.78, 5) is 44.1. The maximum Gasteiger partial charge on any atom is 0.326 e. The Bertz CT molecular complexity index is 442. The molecule has 0 aliphatic rings. The van der Waals surface area contributed by atoms with Crippen LogP contribution in [0.4, 0.5) is 0 Å². The van der Waals surface area contributed by atoms with Crippen LogP contribution >= 0.6 is 0 Å². The molecule has 22 heavy (non-hydrogen) atoms. The van der Waals surface area contributed by atoms with Gasteiger partial charge < -0.3 is 37.5 Å². The summed E-state index contributed by atoms with van der Waals surface area (Å²) in [5.41, 5.74) is 20.9. The molecule has 9 N–H and O–H groups in total. The molecule has 0 heterocycles. The molecule has 0 radical (unpaired) electrons. The fourth-order valence-electron chi connectivity index (χ4n) is 1.18. The Hall–Kier alpha value is -2.24. The lowest BCUT2D eigenvalue weighted by Crippen LogP contribution is -2.47. The van der Waals surface area contributed by atoms with E-state index in [1.165, 1.54) is 6.92 Å². The molecule has 4 atom stereocenters. The molecule has 126 valence electrons. The normalized spacial score (nSPS) is 16.0. The van der Waals surface area contributed by atoms with Crippen LogP contribution in [0.5, 0.6) is 0 Å². The van der Waals surface area contributed by atoms with Crippen LogP contribution in [0.2, 0.25) is 0 Å². The molecular formula is C11H20N4O7. The average molecular weight is 320 g/mol. The maximum atomic E-state index is 11.5. The van der Waals surface area contributed by atoms with E-state index < -0.39 is 61.1 Å². The van der Waals surface area contributed by atoms with Gasteiger partial charge in [0, 0.05) is 0 Å². The maximum absolute atomic E-state index is 11.5. The number of aliphatic carboxylic acids is 1. The predicted molar refractivity (Wildman–Crippen MR) is 71.9 cm³/mol. The van der Waals surface area contributed by atoms with Crippen LogP contribution < -0.4 is 22.9 Å². The number of carboxylic acids is 1. The zero-order valence-corrected chi connectivity index (χ0v) is 11.9. The fraction of sp³-hybridized carbons (Fsp3) is 0.636. The Morgan fingerprint density at radius 1 is 1.05 bits per heavy atom. The predicted octanol–water partition coefficient (Wildman–Crippen LogP) is -3.60. The standard InChI is InChI=1S/C11H20N4O7/c1-4(22-10(19)5(12)2-7(14)16)8(15)11(20)21-3-6(13)9(17)18/h4-6,8H,2-3,12-13,15H2,1H3,(H2,14,16)(H,17,18)/t4-,5+,6+,8+/m1/s1. The highest BCUT2D eigenvalue weighted by atomic mass is 16.6. The van der Waals surface area contributed by atoms with Crippen molar-refractivity contribution in [2.75, 3.05) is 6.61 Å². The van der Waals surface area contributed by atoms with Gasteiger partial charge in [0.05, 0.1) is 6.42 Å². The number of hydrogen-bond donors (Lipinski definition) is 5. The molecule has 0 spiro atoms. The smallest absolute Gasteiger partial charge is 0.326 e. The highest BCUT2D eigenvalue weighted by Gasteiger charge is 2.29. The van der Waals surface area contributed by atoms with Gasteiger partial charge in [-0.1, -0.05) is 0 Å². The number of carboxylic acid groups (broad SMARTS) is 1. The first-order chi connectivity index (χ1) is 10.1. The number of rotatable bonds is 9. The largest absolute Gasteiger partial charge is 0.480 e. The third-order valence-electron chi connectivity index (χ3n) is 2.53. The minimum Gasteiger partial charge on any atom is -0.480 e. The minimum atomic E-state index is -1.39. The molecule has 0 aromatic carbocycles. The van der Waals surface area contributed by atoms with Crippen molar-refractivity contribution in [2.24, 2.45) is 22.9 Å². The molecule has 1 amide bonds. The molecular weight excluding hydrogens is 300 g/mol. The second-order valence-corrected chi connectivity index (χ2v) is 4.52. The molecule has 0 aliphatic heterocycles. The Morgan fingerprint density at radius 3 is 2.05 bits per heavy atom. The Kier molecular flexibility index (Phi) is 8.01. The molecule has 0 saturated carbocycles. The summed E-state index contributed by atoms with van der Waals surface area (Å²) >= 11 is 0. The summed E-state index contributed by atoms with van der Waals surface area (Å²) < 4.78 is 9.39. The third-order valence-corrected chi connectivity index (χ3v) is 2.53. The van der Waals surface area contributed by atoms with Gasteiger partial charge in [-0.25, -0.2) is 0 Å². The summed E-state index contributed by atoms with van der Waals surface area (Å²) in [5.74, 6) is -4.10. The van der Waals surface area contributed by atoms with Gasteiger partial charge in [-0.05, 0) is 6.92 Å².